The summed E-state index contributed by atoms with van der Waals surface area (Å²) in [6, 6.07) is 8.64. The number of nitrogens with one attached hydrogen (secondary N) is 1. The average Bonchev–Trinajstić information content (AvgIpc) is 2.69. The van der Waals surface area contributed by atoms with Crippen molar-refractivity contribution in [1.82, 2.24) is 10.2 Å². The van der Waals surface area contributed by atoms with Gasteiger partial charge in [-0.1, -0.05) is 12.1 Å². The van der Waals surface area contributed by atoms with Crippen LogP contribution in [0, 0.1) is 5.92 Å². The monoisotopic (exact) mass is 360 g/mol. The van der Waals surface area contributed by atoms with Crippen LogP contribution in [-0.4, -0.2) is 56.3 Å². The van der Waals surface area contributed by atoms with Crippen molar-refractivity contribution in [2.75, 3.05) is 39.5 Å². The molecular formula is C21H32N2O3. The maximum Gasteiger partial charge on any atom is 0.224 e. The van der Waals surface area contributed by atoms with Crippen molar-refractivity contribution in [2.45, 2.75) is 45.1 Å². The molecule has 3 rings (SSSR count). The third-order valence-corrected chi connectivity index (χ3v) is 5.46. The van der Waals surface area contributed by atoms with Gasteiger partial charge in [0.05, 0.1) is 19.8 Å². The molecule has 0 bridgehead atoms. The summed E-state index contributed by atoms with van der Waals surface area (Å²) in [4.78, 5) is 14.5. The summed E-state index contributed by atoms with van der Waals surface area (Å²) in [5.41, 5.74) is 1.37. The first-order chi connectivity index (χ1) is 12.7. The SMILES string of the molecule is CCOc1ccc(CCC2CCN(C(=O)CC3COCCN3)CC2)cc1. The van der Waals surface area contributed by atoms with Crippen LogP contribution in [-0.2, 0) is 16.0 Å². The maximum atomic E-state index is 12.5. The highest BCUT2D eigenvalue weighted by molar-refractivity contribution is 5.77. The molecule has 0 aromatic heterocycles. The van der Waals surface area contributed by atoms with E-state index in [-0.39, 0.29) is 11.9 Å². The van der Waals surface area contributed by atoms with Gasteiger partial charge in [-0.3, -0.25) is 4.79 Å². The molecule has 2 fully saturated rings. The number of aryl methyl sites for hydroxylation is 1. The molecule has 144 valence electrons. The largest absolute Gasteiger partial charge is 0.494 e. The van der Waals surface area contributed by atoms with Crippen LogP contribution in [0.5, 0.6) is 5.75 Å². The lowest BCUT2D eigenvalue weighted by Gasteiger charge is -2.33. The Kier molecular flexibility index (Phi) is 7.32. The highest BCUT2D eigenvalue weighted by atomic mass is 16.5. The zero-order chi connectivity index (χ0) is 18.2. The molecule has 0 spiro atoms. The molecule has 1 amide bonds. The van der Waals surface area contributed by atoms with Crippen molar-refractivity contribution in [2.24, 2.45) is 5.92 Å². The summed E-state index contributed by atoms with van der Waals surface area (Å²) in [6.07, 6.45) is 5.12. The third-order valence-electron chi connectivity index (χ3n) is 5.46. The summed E-state index contributed by atoms with van der Waals surface area (Å²) in [5, 5.41) is 3.37. The summed E-state index contributed by atoms with van der Waals surface area (Å²) in [7, 11) is 0. The molecule has 2 aliphatic rings. The second-order valence-electron chi connectivity index (χ2n) is 7.37. The molecular weight excluding hydrogens is 328 g/mol. The molecule has 26 heavy (non-hydrogen) atoms. The predicted molar refractivity (Wildman–Crippen MR) is 102 cm³/mol. The molecule has 0 saturated carbocycles. The molecule has 1 unspecified atom stereocenters. The van der Waals surface area contributed by atoms with Gasteiger partial charge in [0.25, 0.3) is 0 Å². The van der Waals surface area contributed by atoms with Gasteiger partial charge in [-0.25, -0.2) is 0 Å². The van der Waals surface area contributed by atoms with E-state index in [1.54, 1.807) is 0 Å². The van der Waals surface area contributed by atoms with Gasteiger partial charge in [0.1, 0.15) is 5.75 Å². The van der Waals surface area contributed by atoms with Gasteiger partial charge < -0.3 is 19.7 Å². The van der Waals surface area contributed by atoms with Crippen LogP contribution in [0.1, 0.15) is 38.2 Å². The first-order valence-electron chi connectivity index (χ1n) is 10.0. The second kappa shape index (κ2) is 9.93. The molecule has 2 saturated heterocycles. The second-order valence-corrected chi connectivity index (χ2v) is 7.37. The Morgan fingerprint density at radius 3 is 2.69 bits per heavy atom. The Labute approximate surface area is 157 Å². The molecule has 0 aliphatic carbocycles. The van der Waals surface area contributed by atoms with Gasteiger partial charge in [-0.15, -0.1) is 0 Å². The van der Waals surface area contributed by atoms with Crippen molar-refractivity contribution < 1.29 is 14.3 Å². The molecule has 1 aromatic rings. The quantitative estimate of drug-likeness (QED) is 0.812. The van der Waals surface area contributed by atoms with Gasteiger partial charge in [0, 0.05) is 32.1 Å². The fourth-order valence-electron chi connectivity index (χ4n) is 3.85. The molecule has 5 heteroatoms. The number of ether oxygens (including phenoxy) is 2. The maximum absolute atomic E-state index is 12.5. The number of rotatable bonds is 7. The van der Waals surface area contributed by atoms with Gasteiger partial charge >= 0.3 is 0 Å². The molecule has 1 aromatic carbocycles. The van der Waals surface area contributed by atoms with E-state index >= 15 is 0 Å². The standard InChI is InChI=1S/C21H32N2O3/c1-2-26-20-7-5-17(6-8-20)3-4-18-9-12-23(13-10-18)21(24)15-19-16-25-14-11-22-19/h5-8,18-19,22H,2-4,9-16H2,1H3. The lowest BCUT2D eigenvalue weighted by Crippen LogP contribution is -2.46. The molecule has 5 nitrogen and oxygen atoms in total. The van der Waals surface area contributed by atoms with Crippen LogP contribution in [0.2, 0.25) is 0 Å². The van der Waals surface area contributed by atoms with Gasteiger partial charge in [0.2, 0.25) is 5.91 Å². The van der Waals surface area contributed by atoms with Crippen LogP contribution in [0.4, 0.5) is 0 Å². The number of carbonyl (C=O) groups is 1. The van der Waals surface area contributed by atoms with Crippen molar-refractivity contribution in [3.63, 3.8) is 0 Å². The van der Waals surface area contributed by atoms with E-state index < -0.39 is 0 Å². The Hall–Kier alpha value is -1.59. The Morgan fingerprint density at radius 1 is 1.27 bits per heavy atom. The Bertz CT molecular complexity index is 547. The lowest BCUT2D eigenvalue weighted by atomic mass is 9.90. The zero-order valence-electron chi connectivity index (χ0n) is 15.9. The first kappa shape index (κ1) is 19.2. The van der Waals surface area contributed by atoms with E-state index in [0.717, 1.165) is 57.2 Å². The number of hydrogen-bond donors (Lipinski definition) is 1. The normalized spacial score (nSPS) is 21.6. The number of nitrogens with zero attached hydrogens (tertiary/aromatic N) is 1. The minimum absolute atomic E-state index is 0.189. The number of piperidine rings is 1. The van der Waals surface area contributed by atoms with Crippen molar-refractivity contribution >= 4 is 5.91 Å². The van der Waals surface area contributed by atoms with Crippen molar-refractivity contribution in [3.8, 4) is 5.75 Å². The summed E-state index contributed by atoms with van der Waals surface area (Å²) >= 11 is 0. The van der Waals surface area contributed by atoms with E-state index in [2.05, 4.69) is 29.6 Å². The zero-order valence-corrected chi connectivity index (χ0v) is 15.9. The van der Waals surface area contributed by atoms with Crippen LogP contribution < -0.4 is 10.1 Å². The Morgan fingerprint density at radius 2 is 2.04 bits per heavy atom. The number of benzene rings is 1. The molecule has 0 radical (unpaired) electrons. The summed E-state index contributed by atoms with van der Waals surface area (Å²) in [5.74, 6) is 1.95. The minimum atomic E-state index is 0.189. The third kappa shape index (κ3) is 5.71. The summed E-state index contributed by atoms with van der Waals surface area (Å²) in [6.45, 7) is 6.78. The number of amides is 1. The smallest absolute Gasteiger partial charge is 0.224 e. The molecule has 2 heterocycles. The number of hydrogen-bond acceptors (Lipinski definition) is 4. The number of likely N-dealkylation sites (tertiary alicyclic amines) is 1. The number of carbonyl (C=O) groups excluding carboxylic acids is 1. The predicted octanol–water partition coefficient (Wildman–Crippen LogP) is 2.64. The van der Waals surface area contributed by atoms with Crippen LogP contribution >= 0.6 is 0 Å². The number of morpholine rings is 1. The van der Waals surface area contributed by atoms with Crippen LogP contribution in [0.15, 0.2) is 24.3 Å². The van der Waals surface area contributed by atoms with Crippen molar-refractivity contribution in [3.05, 3.63) is 29.8 Å². The Balaban J connectivity index is 1.36. The van der Waals surface area contributed by atoms with Gasteiger partial charge in [0.15, 0.2) is 0 Å². The average molecular weight is 360 g/mol. The van der Waals surface area contributed by atoms with E-state index in [1.807, 2.05) is 11.8 Å². The molecule has 2 aliphatic heterocycles. The fourth-order valence-corrected chi connectivity index (χ4v) is 3.85. The van der Waals surface area contributed by atoms with E-state index in [1.165, 1.54) is 12.0 Å². The van der Waals surface area contributed by atoms with E-state index in [0.29, 0.717) is 19.6 Å². The fraction of sp³-hybridized carbons (Fsp3) is 0.667. The molecule has 1 N–H and O–H groups in total. The van der Waals surface area contributed by atoms with Gasteiger partial charge in [-0.2, -0.15) is 0 Å². The molecule has 1 atom stereocenters. The highest BCUT2D eigenvalue weighted by Gasteiger charge is 2.25. The van der Waals surface area contributed by atoms with Crippen molar-refractivity contribution in [1.29, 1.82) is 0 Å². The topological polar surface area (TPSA) is 50.8 Å². The van der Waals surface area contributed by atoms with E-state index in [4.69, 9.17) is 9.47 Å². The lowest BCUT2D eigenvalue weighted by molar-refractivity contribution is -0.133. The summed E-state index contributed by atoms with van der Waals surface area (Å²) < 4.78 is 10.9. The highest BCUT2D eigenvalue weighted by Crippen LogP contribution is 2.24. The van der Waals surface area contributed by atoms with Gasteiger partial charge in [-0.05, 0) is 56.2 Å². The first-order valence-corrected chi connectivity index (χ1v) is 10.0. The van der Waals surface area contributed by atoms with Crippen LogP contribution in [0.3, 0.4) is 0 Å². The minimum Gasteiger partial charge on any atom is -0.494 e. The van der Waals surface area contributed by atoms with Crippen LogP contribution in [0.25, 0.3) is 0 Å². The van der Waals surface area contributed by atoms with E-state index in [9.17, 15) is 4.79 Å².